The zero-order valence-corrected chi connectivity index (χ0v) is 13.8. The Kier molecular flexibility index (Phi) is 4.09. The molecule has 5 heteroatoms. The Balaban J connectivity index is 1.79. The van der Waals surface area contributed by atoms with Gasteiger partial charge < -0.3 is 5.32 Å². The molecule has 3 heterocycles. The molecule has 4 rings (SSSR count). The quantitative estimate of drug-likeness (QED) is 0.806. The molecule has 1 atom stereocenters. The molecule has 0 radical (unpaired) electrons. The van der Waals surface area contributed by atoms with Gasteiger partial charge >= 0.3 is 0 Å². The predicted octanol–water partition coefficient (Wildman–Crippen LogP) is 3.10. The van der Waals surface area contributed by atoms with Crippen LogP contribution < -0.4 is 5.32 Å². The third kappa shape index (κ3) is 2.95. The highest BCUT2D eigenvalue weighted by Crippen LogP contribution is 2.29. The molecule has 1 aliphatic heterocycles. The number of hydrogen-bond donors (Lipinski definition) is 1. The number of aromatic nitrogens is 4. The van der Waals surface area contributed by atoms with Crippen molar-refractivity contribution in [2.75, 3.05) is 13.1 Å². The molecule has 0 spiro atoms. The maximum Gasteiger partial charge on any atom is 0.250 e. The summed E-state index contributed by atoms with van der Waals surface area (Å²) < 4.78 is 1.91. The van der Waals surface area contributed by atoms with E-state index in [0.29, 0.717) is 11.9 Å². The van der Waals surface area contributed by atoms with Crippen LogP contribution in [0.4, 0.5) is 0 Å². The Morgan fingerprint density at radius 1 is 1.12 bits per heavy atom. The number of hydrogen-bond acceptors (Lipinski definition) is 4. The number of rotatable bonds is 3. The molecule has 1 aromatic carbocycles. The maximum atomic E-state index is 4.82. The van der Waals surface area contributed by atoms with E-state index in [1.54, 1.807) is 12.4 Å². The molecular formula is C19H21N5. The van der Waals surface area contributed by atoms with Crippen LogP contribution in [0.3, 0.4) is 0 Å². The molecule has 1 saturated heterocycles. The molecule has 0 amide bonds. The van der Waals surface area contributed by atoms with Crippen LogP contribution in [0, 0.1) is 6.92 Å². The minimum atomic E-state index is 0.439. The first-order valence-electron chi connectivity index (χ1n) is 8.46. The molecular weight excluding hydrogens is 298 g/mol. The fraction of sp³-hybridized carbons (Fsp3) is 0.316. The zero-order valence-electron chi connectivity index (χ0n) is 13.8. The largest absolute Gasteiger partial charge is 0.316 e. The smallest absolute Gasteiger partial charge is 0.250 e. The summed E-state index contributed by atoms with van der Waals surface area (Å²) in [6, 6.07) is 12.5. The molecule has 1 unspecified atom stereocenters. The van der Waals surface area contributed by atoms with Crippen LogP contribution in [-0.4, -0.2) is 32.8 Å². The molecule has 1 fully saturated rings. The minimum absolute atomic E-state index is 0.439. The van der Waals surface area contributed by atoms with E-state index < -0.39 is 0 Å². The first-order chi connectivity index (χ1) is 11.8. The molecule has 0 aliphatic carbocycles. The van der Waals surface area contributed by atoms with Gasteiger partial charge in [-0.3, -0.25) is 0 Å². The van der Waals surface area contributed by atoms with E-state index in [2.05, 4.69) is 52.5 Å². The highest BCUT2D eigenvalue weighted by atomic mass is 15.4. The lowest BCUT2D eigenvalue weighted by molar-refractivity contribution is 0.446. The first kappa shape index (κ1) is 15.0. The Morgan fingerprint density at radius 2 is 1.92 bits per heavy atom. The summed E-state index contributed by atoms with van der Waals surface area (Å²) in [6.07, 6.45) is 5.88. The highest BCUT2D eigenvalue weighted by molar-refractivity contribution is 5.60. The average molecular weight is 319 g/mol. The fourth-order valence-corrected chi connectivity index (χ4v) is 3.22. The summed E-state index contributed by atoms with van der Waals surface area (Å²) >= 11 is 0. The third-order valence-corrected chi connectivity index (χ3v) is 4.54. The van der Waals surface area contributed by atoms with Gasteiger partial charge in [0, 0.05) is 30.4 Å². The lowest BCUT2D eigenvalue weighted by Crippen LogP contribution is -2.29. The Labute approximate surface area is 141 Å². The van der Waals surface area contributed by atoms with Crippen LogP contribution in [0.25, 0.3) is 17.2 Å². The molecule has 0 bridgehead atoms. The highest BCUT2D eigenvalue weighted by Gasteiger charge is 2.22. The standard InChI is InChI=1S/C19H21N5/c1-14-5-7-15(8-6-14)17-12-18(16-4-2-9-20-13-16)24(23-17)19-21-10-3-11-22-19/h3,5-8,10-12,16,20H,2,4,9,13H2,1H3. The second kappa shape index (κ2) is 6.53. The summed E-state index contributed by atoms with van der Waals surface area (Å²) in [5, 5.41) is 8.31. The van der Waals surface area contributed by atoms with Gasteiger partial charge in [0.05, 0.1) is 11.4 Å². The van der Waals surface area contributed by atoms with Crippen molar-refractivity contribution in [1.29, 1.82) is 0 Å². The van der Waals surface area contributed by atoms with Gasteiger partial charge in [-0.25, -0.2) is 14.6 Å². The van der Waals surface area contributed by atoms with Crippen LogP contribution in [0.15, 0.2) is 48.8 Å². The van der Waals surface area contributed by atoms with Crippen molar-refractivity contribution in [2.45, 2.75) is 25.7 Å². The Hall–Kier alpha value is -2.53. The number of benzene rings is 1. The summed E-state index contributed by atoms with van der Waals surface area (Å²) in [5.74, 6) is 1.07. The normalized spacial score (nSPS) is 17.8. The van der Waals surface area contributed by atoms with Crippen LogP contribution in [0.2, 0.25) is 0 Å². The topological polar surface area (TPSA) is 55.6 Å². The van der Waals surface area contributed by atoms with Crippen LogP contribution in [0.5, 0.6) is 0 Å². The molecule has 1 aliphatic rings. The van der Waals surface area contributed by atoms with Gasteiger partial charge in [-0.05, 0) is 38.4 Å². The lowest BCUT2D eigenvalue weighted by atomic mass is 9.95. The maximum absolute atomic E-state index is 4.82. The van der Waals surface area contributed by atoms with E-state index in [-0.39, 0.29) is 0 Å². The summed E-state index contributed by atoms with van der Waals surface area (Å²) in [6.45, 7) is 4.17. The second-order valence-electron chi connectivity index (χ2n) is 6.32. The van der Waals surface area contributed by atoms with Crippen molar-refractivity contribution in [3.8, 4) is 17.2 Å². The van der Waals surface area contributed by atoms with Gasteiger partial charge in [-0.15, -0.1) is 0 Å². The Bertz CT molecular complexity index is 802. The van der Waals surface area contributed by atoms with Crippen molar-refractivity contribution in [3.05, 3.63) is 60.0 Å². The molecule has 5 nitrogen and oxygen atoms in total. The number of nitrogens with one attached hydrogen (secondary N) is 1. The van der Waals surface area contributed by atoms with Crippen LogP contribution in [-0.2, 0) is 0 Å². The van der Waals surface area contributed by atoms with Gasteiger partial charge in [0.1, 0.15) is 0 Å². The molecule has 1 N–H and O–H groups in total. The van der Waals surface area contributed by atoms with Crippen molar-refractivity contribution in [1.82, 2.24) is 25.1 Å². The molecule has 24 heavy (non-hydrogen) atoms. The van der Waals surface area contributed by atoms with E-state index in [1.165, 1.54) is 24.1 Å². The van der Waals surface area contributed by atoms with E-state index in [4.69, 9.17) is 5.10 Å². The molecule has 0 saturated carbocycles. The van der Waals surface area contributed by atoms with Crippen LogP contribution >= 0.6 is 0 Å². The average Bonchev–Trinajstić information content (AvgIpc) is 3.09. The first-order valence-corrected chi connectivity index (χ1v) is 8.46. The SMILES string of the molecule is Cc1ccc(-c2cc(C3CCCNC3)n(-c3ncccn3)n2)cc1. The lowest BCUT2D eigenvalue weighted by Gasteiger charge is -2.22. The van der Waals surface area contributed by atoms with Crippen molar-refractivity contribution >= 4 is 0 Å². The Morgan fingerprint density at radius 3 is 2.62 bits per heavy atom. The van der Waals surface area contributed by atoms with Crippen LogP contribution in [0.1, 0.15) is 30.0 Å². The number of nitrogens with zero attached hydrogens (tertiary/aromatic N) is 4. The van der Waals surface area contributed by atoms with Gasteiger partial charge in [0.2, 0.25) is 0 Å². The molecule has 2 aromatic heterocycles. The van der Waals surface area contributed by atoms with Gasteiger partial charge in [0.25, 0.3) is 5.95 Å². The number of piperidine rings is 1. The van der Waals surface area contributed by atoms with Crippen molar-refractivity contribution in [2.24, 2.45) is 0 Å². The minimum Gasteiger partial charge on any atom is -0.316 e. The van der Waals surface area contributed by atoms with Gasteiger partial charge in [-0.2, -0.15) is 5.10 Å². The van der Waals surface area contributed by atoms with Crippen molar-refractivity contribution < 1.29 is 0 Å². The van der Waals surface area contributed by atoms with Gasteiger partial charge in [0.15, 0.2) is 0 Å². The monoisotopic (exact) mass is 319 g/mol. The molecule has 3 aromatic rings. The van der Waals surface area contributed by atoms with E-state index in [1.807, 2.05) is 10.7 Å². The zero-order chi connectivity index (χ0) is 16.4. The van der Waals surface area contributed by atoms with E-state index in [9.17, 15) is 0 Å². The summed E-state index contributed by atoms with van der Waals surface area (Å²) in [5.41, 5.74) is 4.54. The predicted molar refractivity (Wildman–Crippen MR) is 94.2 cm³/mol. The number of aryl methyl sites for hydroxylation is 1. The van der Waals surface area contributed by atoms with E-state index in [0.717, 1.165) is 24.3 Å². The molecule has 122 valence electrons. The fourth-order valence-electron chi connectivity index (χ4n) is 3.22. The summed E-state index contributed by atoms with van der Waals surface area (Å²) in [4.78, 5) is 8.79. The van der Waals surface area contributed by atoms with E-state index >= 15 is 0 Å². The second-order valence-corrected chi connectivity index (χ2v) is 6.32. The third-order valence-electron chi connectivity index (χ3n) is 4.54. The van der Waals surface area contributed by atoms with Gasteiger partial charge in [-0.1, -0.05) is 29.8 Å². The summed E-state index contributed by atoms with van der Waals surface area (Å²) in [7, 11) is 0. The van der Waals surface area contributed by atoms with Crippen molar-refractivity contribution in [3.63, 3.8) is 0 Å².